The maximum Gasteiger partial charge on any atom is 0.251 e. The van der Waals surface area contributed by atoms with Crippen molar-refractivity contribution >= 4 is 27.7 Å². The molecule has 2 amide bonds. The zero-order valence-corrected chi connectivity index (χ0v) is 17.2. The molecule has 27 heavy (non-hydrogen) atoms. The third-order valence-electron chi connectivity index (χ3n) is 5.58. The number of nitrogens with one attached hydrogen (secondary N) is 2. The zero-order valence-electron chi connectivity index (χ0n) is 15.6. The van der Waals surface area contributed by atoms with E-state index in [4.69, 9.17) is 4.74 Å². The van der Waals surface area contributed by atoms with Crippen molar-refractivity contribution in [3.63, 3.8) is 0 Å². The topological polar surface area (TPSA) is 70.7 Å². The Balaban J connectivity index is 1.51. The van der Waals surface area contributed by atoms with Crippen LogP contribution in [0.3, 0.4) is 0 Å². The molecular weight excluding hydrogens is 410 g/mol. The van der Waals surface area contributed by atoms with E-state index >= 15 is 0 Å². The van der Waals surface area contributed by atoms with Crippen LogP contribution in [0.5, 0.6) is 0 Å². The van der Waals surface area contributed by atoms with Crippen LogP contribution in [0.4, 0.5) is 0 Å². The van der Waals surface area contributed by atoms with Gasteiger partial charge in [-0.15, -0.1) is 0 Å². The van der Waals surface area contributed by atoms with E-state index in [2.05, 4.69) is 31.5 Å². The molecule has 6 nitrogen and oxygen atoms in total. The highest BCUT2D eigenvalue weighted by Crippen LogP contribution is 2.33. The van der Waals surface area contributed by atoms with Crippen LogP contribution in [0, 0.1) is 0 Å². The van der Waals surface area contributed by atoms with Gasteiger partial charge in [0.1, 0.15) is 0 Å². The van der Waals surface area contributed by atoms with Crippen LogP contribution in [0.25, 0.3) is 0 Å². The molecule has 1 aliphatic heterocycles. The van der Waals surface area contributed by atoms with Crippen LogP contribution in [0.1, 0.15) is 42.5 Å². The largest absolute Gasteiger partial charge is 0.379 e. The van der Waals surface area contributed by atoms with Gasteiger partial charge in [-0.2, -0.15) is 0 Å². The van der Waals surface area contributed by atoms with Gasteiger partial charge in [-0.3, -0.25) is 14.5 Å². The molecule has 1 saturated heterocycles. The molecule has 7 heteroatoms. The Bertz CT molecular complexity index is 656. The lowest BCUT2D eigenvalue weighted by atomic mass is 9.79. The standard InChI is InChI=1S/C20H28BrN3O3/c21-17-6-4-5-16(13-17)19(26)22-14-18(25)23-15-20(7-2-1-3-8-20)24-9-11-27-12-10-24/h4-6,13H,1-3,7-12,14-15H2,(H,22,26)(H,23,25). The average molecular weight is 438 g/mol. The van der Waals surface area contributed by atoms with Gasteiger partial charge >= 0.3 is 0 Å². The number of morpholine rings is 1. The van der Waals surface area contributed by atoms with Crippen LogP contribution in [-0.2, 0) is 9.53 Å². The Labute approximate surface area is 169 Å². The quantitative estimate of drug-likeness (QED) is 0.716. The highest BCUT2D eigenvalue weighted by Gasteiger charge is 2.38. The van der Waals surface area contributed by atoms with E-state index < -0.39 is 0 Å². The van der Waals surface area contributed by atoms with Crippen LogP contribution in [0.15, 0.2) is 28.7 Å². The maximum absolute atomic E-state index is 12.3. The van der Waals surface area contributed by atoms with Crippen LogP contribution >= 0.6 is 15.9 Å². The van der Waals surface area contributed by atoms with Crippen molar-refractivity contribution in [3.8, 4) is 0 Å². The summed E-state index contributed by atoms with van der Waals surface area (Å²) in [5.41, 5.74) is 0.570. The minimum absolute atomic E-state index is 0.00939. The average Bonchev–Trinajstić information content (AvgIpc) is 2.72. The number of benzene rings is 1. The summed E-state index contributed by atoms with van der Waals surface area (Å²) in [4.78, 5) is 27.0. The number of hydrogen-bond acceptors (Lipinski definition) is 4. The lowest BCUT2D eigenvalue weighted by molar-refractivity contribution is -0.121. The summed E-state index contributed by atoms with van der Waals surface area (Å²) < 4.78 is 6.33. The second kappa shape index (κ2) is 9.66. The molecule has 0 spiro atoms. The van der Waals surface area contributed by atoms with Crippen molar-refractivity contribution in [1.82, 2.24) is 15.5 Å². The molecule has 1 aromatic carbocycles. The van der Waals surface area contributed by atoms with E-state index in [1.165, 1.54) is 19.3 Å². The van der Waals surface area contributed by atoms with Gasteiger partial charge in [-0.1, -0.05) is 41.3 Å². The molecule has 1 aliphatic carbocycles. The molecule has 3 rings (SSSR count). The minimum Gasteiger partial charge on any atom is -0.379 e. The number of rotatable bonds is 6. The first-order valence-corrected chi connectivity index (χ1v) is 10.5. The molecule has 148 valence electrons. The van der Waals surface area contributed by atoms with Gasteiger partial charge in [0.15, 0.2) is 0 Å². The van der Waals surface area contributed by atoms with Crippen molar-refractivity contribution in [3.05, 3.63) is 34.3 Å². The number of carbonyl (C=O) groups is 2. The Morgan fingerprint density at radius 3 is 2.56 bits per heavy atom. The van der Waals surface area contributed by atoms with Gasteiger partial charge in [0, 0.05) is 35.2 Å². The monoisotopic (exact) mass is 437 g/mol. The molecule has 2 aliphatic rings. The van der Waals surface area contributed by atoms with E-state index in [0.717, 1.165) is 43.6 Å². The molecule has 1 heterocycles. The van der Waals surface area contributed by atoms with Gasteiger partial charge in [0.25, 0.3) is 5.91 Å². The second-order valence-electron chi connectivity index (χ2n) is 7.35. The van der Waals surface area contributed by atoms with Gasteiger partial charge in [0.2, 0.25) is 5.91 Å². The molecule has 0 aromatic heterocycles. The summed E-state index contributed by atoms with van der Waals surface area (Å²) in [6.07, 6.45) is 5.89. The molecular formula is C20H28BrN3O3. The van der Waals surface area contributed by atoms with Gasteiger partial charge < -0.3 is 15.4 Å². The number of amides is 2. The Morgan fingerprint density at radius 2 is 1.85 bits per heavy atom. The molecule has 2 N–H and O–H groups in total. The van der Waals surface area contributed by atoms with E-state index in [1.807, 2.05) is 6.07 Å². The number of halogens is 1. The molecule has 0 atom stereocenters. The molecule has 2 fully saturated rings. The summed E-state index contributed by atoms with van der Waals surface area (Å²) in [5.74, 6) is -0.386. The van der Waals surface area contributed by atoms with E-state index in [9.17, 15) is 9.59 Å². The third kappa shape index (κ3) is 5.53. The highest BCUT2D eigenvalue weighted by atomic mass is 79.9. The fraction of sp³-hybridized carbons (Fsp3) is 0.600. The Kier molecular flexibility index (Phi) is 7.26. The summed E-state index contributed by atoms with van der Waals surface area (Å²) >= 11 is 3.35. The normalized spacial score (nSPS) is 20.0. The van der Waals surface area contributed by atoms with Gasteiger partial charge in [-0.25, -0.2) is 0 Å². The lowest BCUT2D eigenvalue weighted by Gasteiger charge is -2.48. The van der Waals surface area contributed by atoms with Crippen molar-refractivity contribution in [2.24, 2.45) is 0 Å². The van der Waals surface area contributed by atoms with E-state index in [1.54, 1.807) is 18.2 Å². The molecule has 0 bridgehead atoms. The molecule has 1 saturated carbocycles. The third-order valence-corrected chi connectivity index (χ3v) is 6.07. The predicted molar refractivity (Wildman–Crippen MR) is 108 cm³/mol. The van der Waals surface area contributed by atoms with Gasteiger partial charge in [-0.05, 0) is 31.0 Å². The number of nitrogens with zero attached hydrogens (tertiary/aromatic N) is 1. The van der Waals surface area contributed by atoms with E-state index in [-0.39, 0.29) is 23.9 Å². The SMILES string of the molecule is O=C(CNC(=O)c1cccc(Br)c1)NCC1(N2CCOCC2)CCCCC1. The smallest absolute Gasteiger partial charge is 0.251 e. The van der Waals surface area contributed by atoms with Crippen molar-refractivity contribution in [2.45, 2.75) is 37.6 Å². The van der Waals surface area contributed by atoms with Crippen molar-refractivity contribution < 1.29 is 14.3 Å². The Hall–Kier alpha value is -1.44. The molecule has 1 aromatic rings. The summed E-state index contributed by atoms with van der Waals surface area (Å²) in [5, 5.41) is 5.76. The van der Waals surface area contributed by atoms with Crippen LogP contribution in [0.2, 0.25) is 0 Å². The van der Waals surface area contributed by atoms with E-state index in [0.29, 0.717) is 12.1 Å². The fourth-order valence-electron chi connectivity index (χ4n) is 4.07. The van der Waals surface area contributed by atoms with Crippen molar-refractivity contribution in [2.75, 3.05) is 39.4 Å². The lowest BCUT2D eigenvalue weighted by Crippen LogP contribution is -2.60. The van der Waals surface area contributed by atoms with Gasteiger partial charge in [0.05, 0.1) is 19.8 Å². The fourth-order valence-corrected chi connectivity index (χ4v) is 4.47. The first kappa shape index (κ1) is 20.3. The summed E-state index contributed by atoms with van der Waals surface area (Å²) in [7, 11) is 0. The minimum atomic E-state index is -0.244. The predicted octanol–water partition coefficient (Wildman–Crippen LogP) is 2.33. The summed E-state index contributed by atoms with van der Waals surface area (Å²) in [6.45, 7) is 4.00. The second-order valence-corrected chi connectivity index (χ2v) is 8.27. The molecule has 0 radical (unpaired) electrons. The van der Waals surface area contributed by atoms with Crippen molar-refractivity contribution in [1.29, 1.82) is 0 Å². The number of ether oxygens (including phenoxy) is 1. The first-order chi connectivity index (χ1) is 13.1. The summed E-state index contributed by atoms with van der Waals surface area (Å²) in [6, 6.07) is 7.13. The maximum atomic E-state index is 12.3. The zero-order chi connectivity index (χ0) is 19.1. The van der Waals surface area contributed by atoms with Crippen LogP contribution < -0.4 is 10.6 Å². The highest BCUT2D eigenvalue weighted by molar-refractivity contribution is 9.10. The first-order valence-electron chi connectivity index (χ1n) is 9.72. The number of carbonyl (C=O) groups excluding carboxylic acids is 2. The Morgan fingerprint density at radius 1 is 1.11 bits per heavy atom. The van der Waals surface area contributed by atoms with Crippen LogP contribution in [-0.4, -0.2) is 61.6 Å². The molecule has 0 unspecified atom stereocenters. The number of hydrogen-bond donors (Lipinski definition) is 2.